The van der Waals surface area contributed by atoms with Crippen LogP contribution in [0, 0.1) is 5.41 Å². The first-order valence-corrected chi connectivity index (χ1v) is 6.31. The maximum absolute atomic E-state index is 12.0. The molecule has 0 aromatic heterocycles. The van der Waals surface area contributed by atoms with E-state index in [-0.39, 0.29) is 11.5 Å². The molecule has 0 bridgehead atoms. The quantitative estimate of drug-likeness (QED) is 0.766. The van der Waals surface area contributed by atoms with Gasteiger partial charge >= 0.3 is 6.09 Å². The summed E-state index contributed by atoms with van der Waals surface area (Å²) in [6, 6.07) is 0.459. The Balaban J connectivity index is 2.62. The summed E-state index contributed by atoms with van der Waals surface area (Å²) < 4.78 is 5.41. The van der Waals surface area contributed by atoms with Crippen molar-refractivity contribution in [1.29, 1.82) is 0 Å². The molecular formula is C13H26N2O2. The number of nitrogens with one attached hydrogen (secondary N) is 1. The monoisotopic (exact) mass is 242 g/mol. The number of rotatable bonds is 1. The second kappa shape index (κ2) is 4.84. The highest BCUT2D eigenvalue weighted by atomic mass is 16.6. The summed E-state index contributed by atoms with van der Waals surface area (Å²) in [6.07, 6.45) is 0.781. The molecule has 4 heteroatoms. The minimum Gasteiger partial charge on any atom is -0.444 e. The summed E-state index contributed by atoms with van der Waals surface area (Å²) in [6.45, 7) is 11.6. The molecule has 1 rings (SSSR count). The minimum absolute atomic E-state index is 0.0872. The van der Waals surface area contributed by atoms with Gasteiger partial charge in [0.2, 0.25) is 0 Å². The van der Waals surface area contributed by atoms with Crippen molar-refractivity contribution in [2.24, 2.45) is 5.41 Å². The number of piperidine rings is 1. The average molecular weight is 242 g/mol. The van der Waals surface area contributed by atoms with Gasteiger partial charge in [0.25, 0.3) is 0 Å². The molecule has 0 saturated carbocycles. The van der Waals surface area contributed by atoms with Gasteiger partial charge in [-0.3, -0.25) is 0 Å². The molecule has 1 fully saturated rings. The van der Waals surface area contributed by atoms with Crippen LogP contribution in [0.15, 0.2) is 0 Å². The van der Waals surface area contributed by atoms with Gasteiger partial charge in [0, 0.05) is 19.1 Å². The predicted molar refractivity (Wildman–Crippen MR) is 69.1 cm³/mol. The molecular weight excluding hydrogens is 216 g/mol. The molecule has 1 unspecified atom stereocenters. The Morgan fingerprint density at radius 1 is 1.41 bits per heavy atom. The van der Waals surface area contributed by atoms with Crippen LogP contribution in [-0.4, -0.2) is 42.8 Å². The van der Waals surface area contributed by atoms with Crippen molar-refractivity contribution in [3.63, 3.8) is 0 Å². The number of carbonyl (C=O) groups excluding carboxylic acids is 1. The van der Waals surface area contributed by atoms with Crippen LogP contribution in [0.5, 0.6) is 0 Å². The Morgan fingerprint density at radius 2 is 2.00 bits per heavy atom. The molecule has 1 aliphatic rings. The summed E-state index contributed by atoms with van der Waals surface area (Å²) in [5, 5.41) is 3.32. The highest BCUT2D eigenvalue weighted by Crippen LogP contribution is 2.29. The molecule has 1 saturated heterocycles. The predicted octanol–water partition coefficient (Wildman–Crippen LogP) is 2.24. The highest BCUT2D eigenvalue weighted by Gasteiger charge is 2.37. The molecule has 1 heterocycles. The van der Waals surface area contributed by atoms with E-state index in [2.05, 4.69) is 19.2 Å². The van der Waals surface area contributed by atoms with Crippen LogP contribution in [-0.2, 0) is 4.74 Å². The number of hydrogen-bond acceptors (Lipinski definition) is 3. The lowest BCUT2D eigenvalue weighted by Gasteiger charge is -2.44. The molecule has 0 spiro atoms. The van der Waals surface area contributed by atoms with E-state index in [4.69, 9.17) is 4.74 Å². The van der Waals surface area contributed by atoms with Crippen LogP contribution in [0.3, 0.4) is 0 Å². The molecule has 0 radical (unpaired) electrons. The number of ether oxygens (including phenoxy) is 1. The molecule has 4 nitrogen and oxygen atoms in total. The molecule has 0 aliphatic carbocycles. The van der Waals surface area contributed by atoms with Gasteiger partial charge in [-0.25, -0.2) is 4.79 Å². The van der Waals surface area contributed by atoms with E-state index < -0.39 is 5.60 Å². The van der Waals surface area contributed by atoms with Crippen molar-refractivity contribution in [3.05, 3.63) is 0 Å². The zero-order chi connectivity index (χ0) is 13.3. The lowest BCUT2D eigenvalue weighted by molar-refractivity contribution is 0.00293. The van der Waals surface area contributed by atoms with Gasteiger partial charge in [0.15, 0.2) is 0 Å². The van der Waals surface area contributed by atoms with E-state index >= 15 is 0 Å². The average Bonchev–Trinajstić information content (AvgIpc) is 2.13. The third-order valence-electron chi connectivity index (χ3n) is 3.23. The van der Waals surface area contributed by atoms with E-state index in [1.165, 1.54) is 0 Å². The number of likely N-dealkylation sites (tertiary alicyclic amines) is 1. The van der Waals surface area contributed by atoms with Crippen LogP contribution in [0.1, 0.15) is 41.0 Å². The van der Waals surface area contributed by atoms with Gasteiger partial charge in [0.1, 0.15) is 5.60 Å². The molecule has 0 aromatic carbocycles. The molecule has 17 heavy (non-hydrogen) atoms. The Labute approximate surface area is 105 Å². The molecule has 1 atom stereocenters. The molecule has 1 aliphatic heterocycles. The van der Waals surface area contributed by atoms with Crippen LogP contribution in [0.2, 0.25) is 0 Å². The Morgan fingerprint density at radius 3 is 2.41 bits per heavy atom. The maximum atomic E-state index is 12.0. The van der Waals surface area contributed by atoms with Crippen LogP contribution in [0.25, 0.3) is 0 Å². The van der Waals surface area contributed by atoms with Crippen molar-refractivity contribution < 1.29 is 9.53 Å². The normalized spacial score (nSPS) is 24.6. The van der Waals surface area contributed by atoms with E-state index in [0.29, 0.717) is 6.04 Å². The summed E-state index contributed by atoms with van der Waals surface area (Å²) >= 11 is 0. The molecule has 100 valence electrons. The Hall–Kier alpha value is -0.770. The van der Waals surface area contributed by atoms with Crippen LogP contribution < -0.4 is 5.32 Å². The van der Waals surface area contributed by atoms with E-state index in [0.717, 1.165) is 19.5 Å². The van der Waals surface area contributed by atoms with Gasteiger partial charge in [-0.1, -0.05) is 13.8 Å². The van der Waals surface area contributed by atoms with Crippen LogP contribution in [0.4, 0.5) is 4.79 Å². The first kappa shape index (κ1) is 14.3. The van der Waals surface area contributed by atoms with Crippen molar-refractivity contribution in [1.82, 2.24) is 10.2 Å². The van der Waals surface area contributed by atoms with Gasteiger partial charge in [0.05, 0.1) is 0 Å². The summed E-state index contributed by atoms with van der Waals surface area (Å²) in [5.41, 5.74) is -0.328. The second-order valence-corrected chi connectivity index (χ2v) is 6.52. The summed E-state index contributed by atoms with van der Waals surface area (Å²) in [7, 11) is 1.98. The fourth-order valence-electron chi connectivity index (χ4n) is 2.37. The molecule has 1 amide bonds. The number of hydrogen-bond donors (Lipinski definition) is 1. The van der Waals surface area contributed by atoms with Crippen molar-refractivity contribution in [2.75, 3.05) is 20.1 Å². The summed E-state index contributed by atoms with van der Waals surface area (Å²) in [4.78, 5) is 13.8. The first-order chi connectivity index (χ1) is 7.65. The summed E-state index contributed by atoms with van der Waals surface area (Å²) in [5.74, 6) is 0. The third kappa shape index (κ3) is 3.87. The SMILES string of the molecule is CNC1CCN(C(=O)OC(C)(C)C)CC1(C)C. The number of carbonyl (C=O) groups is 1. The molecule has 1 N–H and O–H groups in total. The van der Waals surface area contributed by atoms with E-state index in [1.54, 1.807) is 0 Å². The van der Waals surface area contributed by atoms with Crippen LogP contribution >= 0.6 is 0 Å². The van der Waals surface area contributed by atoms with Crippen molar-refractivity contribution >= 4 is 6.09 Å². The smallest absolute Gasteiger partial charge is 0.410 e. The van der Waals surface area contributed by atoms with Crippen molar-refractivity contribution in [2.45, 2.75) is 52.7 Å². The number of nitrogens with zero attached hydrogens (tertiary/aromatic N) is 1. The lowest BCUT2D eigenvalue weighted by atomic mass is 9.79. The number of amides is 1. The largest absolute Gasteiger partial charge is 0.444 e. The third-order valence-corrected chi connectivity index (χ3v) is 3.23. The minimum atomic E-state index is -0.416. The molecule has 0 aromatic rings. The topological polar surface area (TPSA) is 41.6 Å². The van der Waals surface area contributed by atoms with Gasteiger partial charge in [-0.2, -0.15) is 0 Å². The van der Waals surface area contributed by atoms with E-state index in [1.807, 2.05) is 32.7 Å². The lowest BCUT2D eigenvalue weighted by Crippen LogP contribution is -2.55. The second-order valence-electron chi connectivity index (χ2n) is 6.52. The van der Waals surface area contributed by atoms with Gasteiger partial charge in [-0.15, -0.1) is 0 Å². The van der Waals surface area contributed by atoms with Crippen molar-refractivity contribution in [3.8, 4) is 0 Å². The zero-order valence-corrected chi connectivity index (χ0v) is 12.0. The Kier molecular flexibility index (Phi) is 4.07. The maximum Gasteiger partial charge on any atom is 0.410 e. The standard InChI is InChI=1S/C13H26N2O2/c1-12(2,3)17-11(16)15-8-7-10(14-6)13(4,5)9-15/h10,14H,7-9H2,1-6H3. The first-order valence-electron chi connectivity index (χ1n) is 6.31. The van der Waals surface area contributed by atoms with Gasteiger partial charge < -0.3 is 15.0 Å². The van der Waals surface area contributed by atoms with E-state index in [9.17, 15) is 4.79 Å². The zero-order valence-electron chi connectivity index (χ0n) is 12.0. The van der Waals surface area contributed by atoms with Gasteiger partial charge in [-0.05, 0) is 39.7 Å². The fourth-order valence-corrected chi connectivity index (χ4v) is 2.37. The highest BCUT2D eigenvalue weighted by molar-refractivity contribution is 5.68. The Bertz CT molecular complexity index is 282. The fraction of sp³-hybridized carbons (Fsp3) is 0.923.